The van der Waals surface area contributed by atoms with Crippen LogP contribution in [0.1, 0.15) is 18.9 Å². The molecule has 126 valence electrons. The number of likely N-dealkylation sites (N-methyl/N-ethyl adjacent to an activating group) is 1. The largest absolute Gasteiger partial charge is 0.339 e. The van der Waals surface area contributed by atoms with Crippen molar-refractivity contribution in [3.63, 3.8) is 0 Å². The summed E-state index contributed by atoms with van der Waals surface area (Å²) in [5, 5.41) is 0. The van der Waals surface area contributed by atoms with Gasteiger partial charge in [0.05, 0.1) is 4.90 Å². The molecule has 2 heterocycles. The van der Waals surface area contributed by atoms with E-state index in [1.54, 1.807) is 0 Å². The van der Waals surface area contributed by atoms with Crippen molar-refractivity contribution in [3.05, 3.63) is 29.8 Å². The van der Waals surface area contributed by atoms with Crippen LogP contribution >= 0.6 is 0 Å². The minimum Gasteiger partial charge on any atom is -0.339 e. The SMILES string of the molecule is CCN1CCN(C2=NCCCN2S(=O)c2ccc(C)cc2)CC1. The Labute approximate surface area is 141 Å². The molecule has 1 fully saturated rings. The Hall–Kier alpha value is -1.40. The Balaban J connectivity index is 1.75. The Morgan fingerprint density at radius 1 is 1.09 bits per heavy atom. The van der Waals surface area contributed by atoms with Crippen LogP contribution in [0.2, 0.25) is 0 Å². The molecule has 0 bridgehead atoms. The molecule has 6 heteroatoms. The number of piperazine rings is 1. The zero-order chi connectivity index (χ0) is 16.2. The maximum Gasteiger partial charge on any atom is 0.209 e. The molecular weight excluding hydrogens is 308 g/mol. The van der Waals surface area contributed by atoms with E-state index in [0.29, 0.717) is 0 Å². The number of hydrogen-bond acceptors (Lipinski definition) is 4. The first-order chi connectivity index (χ1) is 11.2. The molecule has 0 saturated carbocycles. The molecule has 2 aliphatic heterocycles. The van der Waals surface area contributed by atoms with Crippen molar-refractivity contribution < 1.29 is 4.21 Å². The molecule has 0 N–H and O–H groups in total. The Kier molecular flexibility index (Phi) is 5.33. The van der Waals surface area contributed by atoms with Crippen molar-refractivity contribution in [1.29, 1.82) is 0 Å². The monoisotopic (exact) mass is 334 g/mol. The van der Waals surface area contributed by atoms with Crippen LogP contribution < -0.4 is 0 Å². The summed E-state index contributed by atoms with van der Waals surface area (Å²) in [6, 6.07) is 7.97. The van der Waals surface area contributed by atoms with Crippen LogP contribution in [0.3, 0.4) is 0 Å². The highest BCUT2D eigenvalue weighted by Crippen LogP contribution is 2.18. The fourth-order valence-electron chi connectivity index (χ4n) is 3.03. The van der Waals surface area contributed by atoms with Gasteiger partial charge in [-0.05, 0) is 32.0 Å². The maximum absolute atomic E-state index is 13.0. The highest BCUT2D eigenvalue weighted by atomic mass is 32.2. The lowest BCUT2D eigenvalue weighted by Gasteiger charge is -2.40. The van der Waals surface area contributed by atoms with Crippen LogP contribution in [0, 0.1) is 6.92 Å². The summed E-state index contributed by atoms with van der Waals surface area (Å²) in [4.78, 5) is 10.3. The molecule has 1 atom stereocenters. The van der Waals surface area contributed by atoms with E-state index in [1.165, 1.54) is 5.56 Å². The van der Waals surface area contributed by atoms with Gasteiger partial charge in [0, 0.05) is 39.3 Å². The van der Waals surface area contributed by atoms with Gasteiger partial charge in [0.15, 0.2) is 11.0 Å². The average Bonchev–Trinajstić information content (AvgIpc) is 2.62. The Bertz CT molecular complexity index is 579. The van der Waals surface area contributed by atoms with Crippen LogP contribution in [0.25, 0.3) is 0 Å². The summed E-state index contributed by atoms with van der Waals surface area (Å²) in [6.07, 6.45) is 0.968. The third kappa shape index (κ3) is 3.75. The predicted molar refractivity (Wildman–Crippen MR) is 94.9 cm³/mol. The van der Waals surface area contributed by atoms with Gasteiger partial charge in [-0.25, -0.2) is 4.21 Å². The van der Waals surface area contributed by atoms with Gasteiger partial charge in [0.25, 0.3) is 0 Å². The number of aryl methyl sites for hydroxylation is 1. The zero-order valence-electron chi connectivity index (χ0n) is 14.1. The zero-order valence-corrected chi connectivity index (χ0v) is 14.9. The molecule has 23 heavy (non-hydrogen) atoms. The van der Waals surface area contributed by atoms with Crippen molar-refractivity contribution in [3.8, 4) is 0 Å². The number of benzene rings is 1. The lowest BCUT2D eigenvalue weighted by atomic mass is 10.2. The van der Waals surface area contributed by atoms with Gasteiger partial charge in [-0.2, -0.15) is 0 Å². The maximum atomic E-state index is 13.0. The first-order valence-corrected chi connectivity index (χ1v) is 9.57. The van der Waals surface area contributed by atoms with Crippen molar-refractivity contribution in [2.75, 3.05) is 45.8 Å². The van der Waals surface area contributed by atoms with Crippen molar-refractivity contribution in [1.82, 2.24) is 14.1 Å². The molecule has 0 amide bonds. The van der Waals surface area contributed by atoms with E-state index < -0.39 is 11.0 Å². The predicted octanol–water partition coefficient (Wildman–Crippen LogP) is 1.72. The van der Waals surface area contributed by atoms with Gasteiger partial charge < -0.3 is 9.80 Å². The van der Waals surface area contributed by atoms with E-state index in [2.05, 4.69) is 16.7 Å². The highest BCUT2D eigenvalue weighted by Gasteiger charge is 2.28. The van der Waals surface area contributed by atoms with E-state index in [-0.39, 0.29) is 0 Å². The van der Waals surface area contributed by atoms with E-state index in [1.807, 2.05) is 35.5 Å². The summed E-state index contributed by atoms with van der Waals surface area (Å²) in [6.45, 7) is 11.0. The lowest BCUT2D eigenvalue weighted by Crippen LogP contribution is -2.55. The number of aliphatic imine (C=N–C) groups is 1. The molecule has 0 aliphatic carbocycles. The van der Waals surface area contributed by atoms with Crippen LogP contribution in [-0.2, 0) is 11.0 Å². The van der Waals surface area contributed by atoms with Crippen molar-refractivity contribution >= 4 is 16.9 Å². The molecule has 0 radical (unpaired) electrons. The van der Waals surface area contributed by atoms with Gasteiger partial charge in [0.1, 0.15) is 0 Å². The second-order valence-corrected chi connectivity index (χ2v) is 7.53. The Morgan fingerprint density at radius 3 is 2.43 bits per heavy atom. The average molecular weight is 334 g/mol. The van der Waals surface area contributed by atoms with Crippen molar-refractivity contribution in [2.45, 2.75) is 25.2 Å². The second-order valence-electron chi connectivity index (χ2n) is 6.12. The minimum absolute atomic E-state index is 0.813. The highest BCUT2D eigenvalue weighted by molar-refractivity contribution is 7.83. The summed E-state index contributed by atoms with van der Waals surface area (Å²) >= 11 is 0. The first-order valence-electron chi connectivity index (χ1n) is 8.47. The molecule has 0 spiro atoms. The van der Waals surface area contributed by atoms with E-state index in [4.69, 9.17) is 4.99 Å². The summed E-state index contributed by atoms with van der Waals surface area (Å²) in [5.41, 5.74) is 1.19. The number of hydrogen-bond donors (Lipinski definition) is 0. The molecule has 1 aromatic carbocycles. The normalized spacial score (nSPS) is 21.2. The Morgan fingerprint density at radius 2 is 1.78 bits per heavy atom. The van der Waals surface area contributed by atoms with E-state index in [9.17, 15) is 4.21 Å². The number of rotatable bonds is 3. The second kappa shape index (κ2) is 7.45. The standard InChI is InChI=1S/C17H26N4OS/c1-3-19-11-13-20(14-12-19)17-18-9-4-10-21(17)23(22)16-7-5-15(2)6-8-16/h5-8H,3-4,9-14H2,1-2H3. The van der Waals surface area contributed by atoms with Gasteiger partial charge >= 0.3 is 0 Å². The van der Waals surface area contributed by atoms with E-state index in [0.717, 1.165) is 63.1 Å². The molecule has 5 nitrogen and oxygen atoms in total. The molecular formula is C17H26N4OS. The summed E-state index contributed by atoms with van der Waals surface area (Å²) in [5.74, 6) is 0.922. The quantitative estimate of drug-likeness (QED) is 0.845. The fourth-order valence-corrected chi connectivity index (χ4v) is 4.27. The van der Waals surface area contributed by atoms with Crippen LogP contribution in [0.4, 0.5) is 0 Å². The van der Waals surface area contributed by atoms with E-state index >= 15 is 0 Å². The summed E-state index contributed by atoms with van der Waals surface area (Å²) in [7, 11) is -1.17. The lowest BCUT2D eigenvalue weighted by molar-refractivity contribution is 0.181. The van der Waals surface area contributed by atoms with Gasteiger partial charge in [-0.3, -0.25) is 9.30 Å². The number of nitrogens with zero attached hydrogens (tertiary/aromatic N) is 4. The van der Waals surface area contributed by atoms with Gasteiger partial charge in [0.2, 0.25) is 5.96 Å². The topological polar surface area (TPSA) is 39.1 Å². The number of guanidine groups is 1. The molecule has 3 rings (SSSR count). The van der Waals surface area contributed by atoms with Crippen LogP contribution in [0.5, 0.6) is 0 Å². The van der Waals surface area contributed by atoms with Gasteiger partial charge in [-0.1, -0.05) is 24.6 Å². The van der Waals surface area contributed by atoms with Crippen LogP contribution in [0.15, 0.2) is 34.2 Å². The molecule has 1 unspecified atom stereocenters. The van der Waals surface area contributed by atoms with Crippen LogP contribution in [-0.4, -0.2) is 70.1 Å². The molecule has 1 saturated heterocycles. The first kappa shape index (κ1) is 16.5. The fraction of sp³-hybridized carbons (Fsp3) is 0.588. The smallest absolute Gasteiger partial charge is 0.209 e. The third-order valence-electron chi connectivity index (χ3n) is 4.52. The molecule has 1 aromatic rings. The molecule has 2 aliphatic rings. The van der Waals surface area contributed by atoms with Crippen molar-refractivity contribution in [2.24, 2.45) is 4.99 Å². The third-order valence-corrected chi connectivity index (χ3v) is 5.94. The molecule has 0 aromatic heterocycles. The summed E-state index contributed by atoms with van der Waals surface area (Å²) < 4.78 is 15.0. The minimum atomic E-state index is -1.17. The van der Waals surface area contributed by atoms with Gasteiger partial charge in [-0.15, -0.1) is 0 Å².